The molecule has 0 saturated carbocycles. The van der Waals surface area contributed by atoms with Gasteiger partial charge in [-0.1, -0.05) is 0 Å². The third-order valence-corrected chi connectivity index (χ3v) is 6.09. The maximum atomic E-state index is 12.8. The van der Waals surface area contributed by atoms with E-state index < -0.39 is 0 Å². The number of nitrogens with zero attached hydrogens (tertiary/aromatic N) is 5. The maximum absolute atomic E-state index is 12.8. The molecule has 0 unspecified atom stereocenters. The van der Waals surface area contributed by atoms with Crippen LogP contribution in [0.1, 0.15) is 39.3 Å². The van der Waals surface area contributed by atoms with E-state index in [0.29, 0.717) is 20.9 Å². The minimum Gasteiger partial charge on any atom is -0.311 e. The molecule has 0 fully saturated rings. The minimum atomic E-state index is -0.359. The van der Waals surface area contributed by atoms with Crippen LogP contribution < -0.4 is 5.32 Å². The van der Waals surface area contributed by atoms with Gasteiger partial charge >= 0.3 is 0 Å². The zero-order valence-electron chi connectivity index (χ0n) is 13.6. The second-order valence-corrected chi connectivity index (χ2v) is 7.81. The van der Waals surface area contributed by atoms with Gasteiger partial charge < -0.3 is 5.32 Å². The van der Waals surface area contributed by atoms with Crippen molar-refractivity contribution in [1.82, 2.24) is 19.7 Å². The summed E-state index contributed by atoms with van der Waals surface area (Å²) in [7, 11) is 0. The molecule has 1 N–H and O–H groups in total. The number of hydrogen-bond donors (Lipinski definition) is 1. The molecule has 0 spiro atoms. The zero-order valence-corrected chi connectivity index (χ0v) is 16.0. The Balaban J connectivity index is 1.66. The Morgan fingerprint density at radius 2 is 2.04 bits per heavy atom. The van der Waals surface area contributed by atoms with Gasteiger partial charge in [-0.25, -0.2) is 4.98 Å². The van der Waals surface area contributed by atoms with Crippen molar-refractivity contribution in [1.29, 1.82) is 5.26 Å². The van der Waals surface area contributed by atoms with Gasteiger partial charge in [-0.15, -0.1) is 21.5 Å². The topological polar surface area (TPSA) is 96.5 Å². The number of nitrogens with one attached hydrogen (secondary N) is 1. The molecule has 4 rings (SSSR count). The highest BCUT2D eigenvalue weighted by Crippen LogP contribution is 2.37. The smallest absolute Gasteiger partial charge is 0.276 e. The molecule has 3 aromatic rings. The van der Waals surface area contributed by atoms with E-state index in [1.807, 2.05) is 0 Å². The lowest BCUT2D eigenvalue weighted by Crippen LogP contribution is -2.15. The first-order chi connectivity index (χ1) is 12.7. The summed E-state index contributed by atoms with van der Waals surface area (Å²) in [5, 5.41) is 20.5. The molecular formula is C17H13BrN6OS. The van der Waals surface area contributed by atoms with Crippen molar-refractivity contribution in [2.45, 2.75) is 25.7 Å². The number of aryl methyl sites for hydroxylation is 1. The lowest BCUT2D eigenvalue weighted by atomic mass is 9.96. The van der Waals surface area contributed by atoms with Gasteiger partial charge in [0.2, 0.25) is 0 Å². The highest BCUT2D eigenvalue weighted by atomic mass is 79.9. The summed E-state index contributed by atoms with van der Waals surface area (Å²) in [5.41, 5.74) is 1.92. The SMILES string of the molecule is N#Cc1c(NC(=O)c2nc(-n3cnnc3)ccc2Br)sc2c1CCCC2. The Morgan fingerprint density at radius 3 is 2.81 bits per heavy atom. The monoisotopic (exact) mass is 428 g/mol. The zero-order chi connectivity index (χ0) is 18.1. The van der Waals surface area contributed by atoms with Crippen molar-refractivity contribution in [3.8, 4) is 11.9 Å². The third kappa shape index (κ3) is 3.02. The summed E-state index contributed by atoms with van der Waals surface area (Å²) in [6.07, 6.45) is 7.10. The predicted octanol–water partition coefficient (Wildman–Crippen LogP) is 3.49. The first-order valence-electron chi connectivity index (χ1n) is 8.05. The Hall–Kier alpha value is -2.57. The first-order valence-corrected chi connectivity index (χ1v) is 9.66. The van der Waals surface area contributed by atoms with Crippen LogP contribution in [0.4, 0.5) is 5.00 Å². The Bertz CT molecular complexity index is 1020. The van der Waals surface area contributed by atoms with E-state index in [1.165, 1.54) is 28.9 Å². The average Bonchev–Trinajstić information content (AvgIpc) is 3.29. The van der Waals surface area contributed by atoms with E-state index in [-0.39, 0.29) is 11.6 Å². The van der Waals surface area contributed by atoms with Crippen molar-refractivity contribution in [3.63, 3.8) is 0 Å². The molecule has 9 heteroatoms. The molecule has 0 aromatic carbocycles. The van der Waals surface area contributed by atoms with Gasteiger partial charge in [0.25, 0.3) is 5.91 Å². The fourth-order valence-corrected chi connectivity index (χ4v) is 4.62. The summed E-state index contributed by atoms with van der Waals surface area (Å²) < 4.78 is 2.19. The van der Waals surface area contributed by atoms with Crippen molar-refractivity contribution in [2.75, 3.05) is 5.32 Å². The second-order valence-electron chi connectivity index (χ2n) is 5.85. The summed E-state index contributed by atoms with van der Waals surface area (Å²) in [4.78, 5) is 18.4. The number of aromatic nitrogens is 4. The van der Waals surface area contributed by atoms with Crippen LogP contribution in [0.2, 0.25) is 0 Å². The number of thiophene rings is 1. The molecular weight excluding hydrogens is 416 g/mol. The molecule has 130 valence electrons. The molecule has 0 atom stereocenters. The molecule has 3 aromatic heterocycles. The van der Waals surface area contributed by atoms with Crippen LogP contribution in [0, 0.1) is 11.3 Å². The van der Waals surface area contributed by atoms with Gasteiger partial charge in [0.15, 0.2) is 0 Å². The minimum absolute atomic E-state index is 0.242. The Labute approximate surface area is 161 Å². The number of halogens is 1. The summed E-state index contributed by atoms with van der Waals surface area (Å²) in [6.45, 7) is 0. The predicted molar refractivity (Wildman–Crippen MR) is 100 cm³/mol. The van der Waals surface area contributed by atoms with Crippen LogP contribution in [0.25, 0.3) is 5.82 Å². The van der Waals surface area contributed by atoms with E-state index in [4.69, 9.17) is 0 Å². The number of amides is 1. The number of pyridine rings is 1. The molecule has 1 aliphatic rings. The second kappa shape index (κ2) is 6.97. The summed E-state index contributed by atoms with van der Waals surface area (Å²) in [5.74, 6) is 0.177. The summed E-state index contributed by atoms with van der Waals surface area (Å²) >= 11 is 4.87. The van der Waals surface area contributed by atoms with Crippen LogP contribution in [-0.4, -0.2) is 25.7 Å². The summed E-state index contributed by atoms with van der Waals surface area (Å²) in [6, 6.07) is 5.76. The number of rotatable bonds is 3. The normalized spacial score (nSPS) is 13.1. The lowest BCUT2D eigenvalue weighted by molar-refractivity contribution is 0.102. The molecule has 1 aliphatic carbocycles. The molecule has 0 aliphatic heterocycles. The van der Waals surface area contributed by atoms with Crippen LogP contribution in [0.5, 0.6) is 0 Å². The van der Waals surface area contributed by atoms with E-state index >= 15 is 0 Å². The van der Waals surface area contributed by atoms with Gasteiger partial charge in [0.1, 0.15) is 35.2 Å². The Kier molecular flexibility index (Phi) is 4.53. The van der Waals surface area contributed by atoms with Gasteiger partial charge in [0.05, 0.1) is 5.56 Å². The molecule has 26 heavy (non-hydrogen) atoms. The van der Waals surface area contributed by atoms with Gasteiger partial charge in [-0.2, -0.15) is 5.26 Å². The number of carbonyl (C=O) groups excluding carboxylic acids is 1. The van der Waals surface area contributed by atoms with E-state index in [9.17, 15) is 10.1 Å². The molecule has 1 amide bonds. The standard InChI is InChI=1S/C17H13BrN6OS/c18-12-5-6-14(24-8-20-21-9-24)22-15(12)16(25)23-17-11(7-19)10-3-1-2-4-13(10)26-17/h5-6,8-9H,1-4H2,(H,23,25). The fraction of sp³-hybridized carbons (Fsp3) is 0.235. The molecule has 3 heterocycles. The van der Waals surface area contributed by atoms with Gasteiger partial charge in [-0.3, -0.25) is 9.36 Å². The van der Waals surface area contributed by atoms with E-state index in [1.54, 1.807) is 16.7 Å². The maximum Gasteiger partial charge on any atom is 0.276 e. The average molecular weight is 429 g/mol. The van der Waals surface area contributed by atoms with Crippen molar-refractivity contribution < 1.29 is 4.79 Å². The molecule has 0 radical (unpaired) electrons. The van der Waals surface area contributed by atoms with Crippen molar-refractivity contribution >= 4 is 38.2 Å². The van der Waals surface area contributed by atoms with E-state index in [0.717, 1.165) is 31.2 Å². The van der Waals surface area contributed by atoms with Gasteiger partial charge in [0, 0.05) is 9.35 Å². The van der Waals surface area contributed by atoms with Crippen LogP contribution in [0.3, 0.4) is 0 Å². The van der Waals surface area contributed by atoms with Crippen LogP contribution in [-0.2, 0) is 12.8 Å². The van der Waals surface area contributed by atoms with Crippen LogP contribution >= 0.6 is 27.3 Å². The highest BCUT2D eigenvalue weighted by molar-refractivity contribution is 9.10. The quantitative estimate of drug-likeness (QED) is 0.688. The number of carbonyl (C=O) groups is 1. The van der Waals surface area contributed by atoms with Crippen LogP contribution in [0.15, 0.2) is 29.3 Å². The third-order valence-electron chi connectivity index (χ3n) is 4.24. The first kappa shape index (κ1) is 16.9. The molecule has 0 saturated heterocycles. The van der Waals surface area contributed by atoms with E-state index in [2.05, 4.69) is 42.5 Å². The Morgan fingerprint density at radius 1 is 1.27 bits per heavy atom. The molecule has 7 nitrogen and oxygen atoms in total. The number of fused-ring (bicyclic) bond motifs is 1. The number of nitriles is 1. The fourth-order valence-electron chi connectivity index (χ4n) is 2.99. The highest BCUT2D eigenvalue weighted by Gasteiger charge is 2.23. The largest absolute Gasteiger partial charge is 0.311 e. The lowest BCUT2D eigenvalue weighted by Gasteiger charge is -2.09. The van der Waals surface area contributed by atoms with Gasteiger partial charge in [-0.05, 0) is 59.3 Å². The van der Waals surface area contributed by atoms with Crippen molar-refractivity contribution in [2.24, 2.45) is 0 Å². The molecule has 0 bridgehead atoms. The number of anilines is 1. The number of hydrogen-bond acceptors (Lipinski definition) is 6. The van der Waals surface area contributed by atoms with Crippen molar-refractivity contribution in [3.05, 3.63) is 51.0 Å².